The van der Waals surface area contributed by atoms with Gasteiger partial charge in [0.25, 0.3) is 0 Å². The molecule has 0 spiro atoms. The van der Waals surface area contributed by atoms with Crippen molar-refractivity contribution in [2.24, 2.45) is 7.05 Å². The van der Waals surface area contributed by atoms with E-state index >= 15 is 0 Å². The molecule has 0 radical (unpaired) electrons. The van der Waals surface area contributed by atoms with Crippen molar-refractivity contribution in [3.63, 3.8) is 0 Å². The Balaban J connectivity index is 0.000000520. The second-order valence-corrected chi connectivity index (χ2v) is 6.53. The lowest BCUT2D eigenvalue weighted by molar-refractivity contribution is -0.145. The van der Waals surface area contributed by atoms with E-state index in [0.29, 0.717) is 0 Å². The van der Waals surface area contributed by atoms with Crippen LogP contribution in [0.5, 0.6) is 11.6 Å². The molecule has 0 bridgehead atoms. The van der Waals surface area contributed by atoms with E-state index in [2.05, 4.69) is 20.0 Å². The summed E-state index contributed by atoms with van der Waals surface area (Å²) >= 11 is 11.9. The Kier molecular flexibility index (Phi) is 9.54. The first-order chi connectivity index (χ1) is 15.2. The monoisotopic (exact) mass is 492 g/mol. The summed E-state index contributed by atoms with van der Waals surface area (Å²) in [7, 11) is 1.30. The Morgan fingerprint density at radius 2 is 1.84 bits per heavy atom. The van der Waals surface area contributed by atoms with Gasteiger partial charge in [-0.3, -0.25) is 0 Å². The molecule has 13 heteroatoms. The van der Waals surface area contributed by atoms with Crippen LogP contribution in [0.1, 0.15) is 6.92 Å². The molecule has 0 atom stereocenters. The van der Waals surface area contributed by atoms with Crippen molar-refractivity contribution in [3.05, 3.63) is 52.5 Å². The van der Waals surface area contributed by atoms with Crippen LogP contribution in [0.2, 0.25) is 10.0 Å². The van der Waals surface area contributed by atoms with Gasteiger partial charge in [0.2, 0.25) is 5.88 Å². The minimum Gasteiger partial charge on any atom is -0.480 e. The van der Waals surface area contributed by atoms with Gasteiger partial charge in [-0.1, -0.05) is 23.2 Å². The fourth-order valence-corrected chi connectivity index (χ4v) is 2.79. The van der Waals surface area contributed by atoms with E-state index in [0.717, 1.165) is 16.8 Å². The highest BCUT2D eigenvalue weighted by Gasteiger charge is 2.23. The predicted molar refractivity (Wildman–Crippen MR) is 109 cm³/mol. The van der Waals surface area contributed by atoms with Gasteiger partial charge in [0.15, 0.2) is 6.61 Å². The lowest BCUT2D eigenvalue weighted by Gasteiger charge is -2.10. The third kappa shape index (κ3) is 6.99. The number of aromatic nitrogens is 4. The number of benzene rings is 1. The average molecular weight is 493 g/mol. The van der Waals surface area contributed by atoms with E-state index in [1.165, 1.54) is 7.05 Å². The smallest absolute Gasteiger partial charge is 0.388 e. The second-order valence-electron chi connectivity index (χ2n) is 5.74. The van der Waals surface area contributed by atoms with Gasteiger partial charge < -0.3 is 14.2 Å². The highest BCUT2D eigenvalue weighted by Crippen LogP contribution is 2.39. The van der Waals surface area contributed by atoms with Crippen LogP contribution in [-0.4, -0.2) is 45.8 Å². The summed E-state index contributed by atoms with van der Waals surface area (Å²) in [5.74, 6) is -1.92. The maximum atomic E-state index is 14.3. The standard InChI is InChI=1S/C15H13Cl2F3N2O4.C4H4N2/c1-3-24-11(23)6-25-10-4-7(9(18)5-8(10)16)13-12(17)14(22(2)21-13)26-15(19)20;1-2-4-6-5-3-1/h4-5,15H,3,6H2,1-2H3;1-4H. The van der Waals surface area contributed by atoms with Gasteiger partial charge in [0.05, 0.1) is 11.6 Å². The SMILES string of the molecule is CCOC(=O)COc1cc(-c2nn(C)c(OC(F)F)c2Cl)c(F)cc1Cl.c1ccnnc1. The van der Waals surface area contributed by atoms with Gasteiger partial charge in [-0.25, -0.2) is 13.9 Å². The quantitative estimate of drug-likeness (QED) is 0.446. The van der Waals surface area contributed by atoms with Crippen LogP contribution in [0.4, 0.5) is 13.2 Å². The first-order valence-corrected chi connectivity index (χ1v) is 9.67. The van der Waals surface area contributed by atoms with E-state index in [1.54, 1.807) is 19.3 Å². The molecule has 3 rings (SSSR count). The number of aryl methyl sites for hydroxylation is 1. The van der Waals surface area contributed by atoms with Gasteiger partial charge in [-0.05, 0) is 31.2 Å². The van der Waals surface area contributed by atoms with E-state index < -0.39 is 30.9 Å². The molecule has 0 fully saturated rings. The number of ether oxygens (including phenoxy) is 3. The molecule has 2 aromatic heterocycles. The lowest BCUT2D eigenvalue weighted by atomic mass is 10.1. The van der Waals surface area contributed by atoms with Crippen molar-refractivity contribution in [2.75, 3.05) is 13.2 Å². The second kappa shape index (κ2) is 12.1. The van der Waals surface area contributed by atoms with Crippen molar-refractivity contribution in [1.29, 1.82) is 0 Å². The number of halogens is 5. The summed E-state index contributed by atoms with van der Waals surface area (Å²) in [5.41, 5.74) is -0.321. The van der Waals surface area contributed by atoms with Crippen LogP contribution in [0.3, 0.4) is 0 Å². The number of carbonyl (C=O) groups is 1. The summed E-state index contributed by atoms with van der Waals surface area (Å²) in [6.07, 6.45) is 3.28. The topological polar surface area (TPSA) is 88.4 Å². The molecule has 0 aliphatic carbocycles. The highest BCUT2D eigenvalue weighted by atomic mass is 35.5. The lowest BCUT2D eigenvalue weighted by Crippen LogP contribution is -2.14. The summed E-state index contributed by atoms with van der Waals surface area (Å²) in [4.78, 5) is 11.4. The fourth-order valence-electron chi connectivity index (χ4n) is 2.28. The number of alkyl halides is 2. The minimum atomic E-state index is -3.13. The Bertz CT molecular complexity index is 1010. The maximum Gasteiger partial charge on any atom is 0.388 e. The molecule has 0 N–H and O–H groups in total. The summed E-state index contributed by atoms with van der Waals surface area (Å²) in [5, 5.41) is 10.5. The first kappa shape index (κ1) is 25.2. The Labute approximate surface area is 190 Å². The third-order valence-electron chi connectivity index (χ3n) is 3.55. The molecule has 8 nitrogen and oxygen atoms in total. The summed E-state index contributed by atoms with van der Waals surface area (Å²) < 4.78 is 54.3. The molecule has 0 aliphatic rings. The van der Waals surface area contributed by atoms with Crippen LogP contribution in [0.15, 0.2) is 36.7 Å². The van der Waals surface area contributed by atoms with Crippen molar-refractivity contribution in [1.82, 2.24) is 20.0 Å². The predicted octanol–water partition coefficient (Wildman–Crippen LogP) is 4.55. The van der Waals surface area contributed by atoms with E-state index in [9.17, 15) is 18.0 Å². The van der Waals surface area contributed by atoms with Crippen LogP contribution in [-0.2, 0) is 16.6 Å². The van der Waals surface area contributed by atoms with Crippen LogP contribution in [0.25, 0.3) is 11.3 Å². The number of hydrogen-bond acceptors (Lipinski definition) is 7. The van der Waals surface area contributed by atoms with Crippen LogP contribution in [0, 0.1) is 5.82 Å². The molecular formula is C19H17Cl2F3N4O4. The summed E-state index contributed by atoms with van der Waals surface area (Å²) in [6.45, 7) is -1.78. The van der Waals surface area contributed by atoms with Crippen LogP contribution < -0.4 is 9.47 Å². The molecule has 3 aromatic rings. The fraction of sp³-hybridized carbons (Fsp3) is 0.263. The van der Waals surface area contributed by atoms with Gasteiger partial charge in [-0.15, -0.1) is 0 Å². The molecule has 0 amide bonds. The largest absolute Gasteiger partial charge is 0.480 e. The van der Waals surface area contributed by atoms with E-state index in [4.69, 9.17) is 32.7 Å². The van der Waals surface area contributed by atoms with Crippen molar-refractivity contribution in [3.8, 4) is 22.9 Å². The Hall–Kier alpha value is -3.05. The minimum absolute atomic E-state index is 0.0332. The van der Waals surface area contributed by atoms with Crippen molar-refractivity contribution < 1.29 is 32.2 Å². The number of hydrogen-bond donors (Lipinski definition) is 0. The molecule has 0 unspecified atom stereocenters. The Morgan fingerprint density at radius 3 is 2.38 bits per heavy atom. The first-order valence-electron chi connectivity index (χ1n) is 8.91. The molecule has 2 heterocycles. The maximum absolute atomic E-state index is 14.3. The van der Waals surface area contributed by atoms with Gasteiger partial charge >= 0.3 is 12.6 Å². The zero-order valence-corrected chi connectivity index (χ0v) is 18.3. The van der Waals surface area contributed by atoms with Crippen molar-refractivity contribution >= 4 is 29.2 Å². The van der Waals surface area contributed by atoms with E-state index in [1.807, 2.05) is 12.1 Å². The van der Waals surface area contributed by atoms with Crippen molar-refractivity contribution in [2.45, 2.75) is 13.5 Å². The van der Waals surface area contributed by atoms with E-state index in [-0.39, 0.29) is 33.7 Å². The van der Waals surface area contributed by atoms with Gasteiger partial charge in [0.1, 0.15) is 22.3 Å². The van der Waals surface area contributed by atoms with Gasteiger partial charge in [-0.2, -0.15) is 24.1 Å². The third-order valence-corrected chi connectivity index (χ3v) is 4.19. The number of nitrogens with zero attached hydrogens (tertiary/aromatic N) is 4. The molecule has 172 valence electrons. The normalized spacial score (nSPS) is 10.4. The molecule has 32 heavy (non-hydrogen) atoms. The molecule has 0 saturated carbocycles. The number of rotatable bonds is 7. The van der Waals surface area contributed by atoms with Gasteiger partial charge in [0, 0.05) is 25.0 Å². The molecule has 1 aromatic carbocycles. The average Bonchev–Trinajstić information content (AvgIpc) is 3.03. The highest BCUT2D eigenvalue weighted by molar-refractivity contribution is 6.34. The zero-order chi connectivity index (χ0) is 23.7. The molecule has 0 saturated heterocycles. The molecular weight excluding hydrogens is 476 g/mol. The van der Waals surface area contributed by atoms with Crippen LogP contribution >= 0.6 is 23.2 Å². The number of carbonyl (C=O) groups excluding carboxylic acids is 1. The number of esters is 1. The Morgan fingerprint density at radius 1 is 1.19 bits per heavy atom. The molecule has 0 aliphatic heterocycles. The zero-order valence-electron chi connectivity index (χ0n) is 16.8. The summed E-state index contributed by atoms with van der Waals surface area (Å²) in [6, 6.07) is 5.73.